The van der Waals surface area contributed by atoms with Crippen LogP contribution in [0.1, 0.15) is 31.0 Å². The predicted molar refractivity (Wildman–Crippen MR) is 83.1 cm³/mol. The van der Waals surface area contributed by atoms with Gasteiger partial charge in [0.25, 0.3) is 0 Å². The van der Waals surface area contributed by atoms with Crippen molar-refractivity contribution in [1.29, 1.82) is 5.41 Å². The molecule has 0 aliphatic heterocycles. The molecular formula is C16H27N3. The van der Waals surface area contributed by atoms with Crippen LogP contribution in [0.5, 0.6) is 0 Å². The lowest BCUT2D eigenvalue weighted by Crippen LogP contribution is -2.27. The Morgan fingerprint density at radius 2 is 2.05 bits per heavy atom. The van der Waals surface area contributed by atoms with E-state index in [2.05, 4.69) is 55.5 Å². The van der Waals surface area contributed by atoms with Crippen molar-refractivity contribution in [2.75, 3.05) is 27.7 Å². The molecule has 2 atom stereocenters. The van der Waals surface area contributed by atoms with Crippen molar-refractivity contribution in [3.05, 3.63) is 35.4 Å². The van der Waals surface area contributed by atoms with Crippen LogP contribution < -0.4 is 5.32 Å². The van der Waals surface area contributed by atoms with E-state index in [1.165, 1.54) is 11.1 Å². The molecule has 0 saturated carbocycles. The maximum absolute atomic E-state index is 7.83. The minimum Gasteiger partial charge on any atom is -0.312 e. The third kappa shape index (κ3) is 4.77. The van der Waals surface area contributed by atoms with Crippen molar-refractivity contribution in [3.63, 3.8) is 0 Å². The van der Waals surface area contributed by atoms with Crippen LogP contribution in [0.25, 0.3) is 0 Å². The first-order valence-electron chi connectivity index (χ1n) is 6.91. The molecule has 3 nitrogen and oxygen atoms in total. The van der Waals surface area contributed by atoms with Gasteiger partial charge in [-0.25, -0.2) is 0 Å². The minimum atomic E-state index is 0.217. The van der Waals surface area contributed by atoms with Gasteiger partial charge in [0.05, 0.1) is 0 Å². The Labute approximate surface area is 117 Å². The van der Waals surface area contributed by atoms with Gasteiger partial charge >= 0.3 is 0 Å². The molecule has 1 aromatic rings. The van der Waals surface area contributed by atoms with E-state index < -0.39 is 0 Å². The summed E-state index contributed by atoms with van der Waals surface area (Å²) in [5.74, 6) is 0.217. The molecule has 0 spiro atoms. The van der Waals surface area contributed by atoms with E-state index in [0.29, 0.717) is 0 Å². The van der Waals surface area contributed by atoms with Gasteiger partial charge in [0.15, 0.2) is 0 Å². The summed E-state index contributed by atoms with van der Waals surface area (Å²) in [6.07, 6.45) is 1.06. The molecule has 2 unspecified atom stereocenters. The third-order valence-electron chi connectivity index (χ3n) is 3.65. The van der Waals surface area contributed by atoms with Gasteiger partial charge in [0, 0.05) is 24.2 Å². The zero-order chi connectivity index (χ0) is 14.4. The molecule has 0 amide bonds. The van der Waals surface area contributed by atoms with Gasteiger partial charge in [-0.15, -0.1) is 0 Å². The molecule has 0 saturated heterocycles. The van der Waals surface area contributed by atoms with Gasteiger partial charge in [-0.1, -0.05) is 31.2 Å². The van der Waals surface area contributed by atoms with Crippen molar-refractivity contribution in [3.8, 4) is 0 Å². The van der Waals surface area contributed by atoms with E-state index in [0.717, 1.165) is 18.7 Å². The highest BCUT2D eigenvalue weighted by Crippen LogP contribution is 2.23. The number of nitrogens with one attached hydrogen (secondary N) is 2. The highest BCUT2D eigenvalue weighted by molar-refractivity contribution is 5.81. The molecule has 3 heteroatoms. The number of rotatable bonds is 7. The van der Waals surface area contributed by atoms with Gasteiger partial charge in [0.2, 0.25) is 0 Å². The van der Waals surface area contributed by atoms with Gasteiger partial charge in [0.1, 0.15) is 0 Å². The highest BCUT2D eigenvalue weighted by atomic mass is 15.0. The van der Waals surface area contributed by atoms with E-state index in [1.54, 1.807) is 0 Å². The second-order valence-corrected chi connectivity index (χ2v) is 5.54. The number of likely N-dealkylation sites (N-methyl/N-ethyl adjacent to an activating group) is 1. The Morgan fingerprint density at radius 3 is 2.58 bits per heavy atom. The van der Waals surface area contributed by atoms with Gasteiger partial charge < -0.3 is 15.6 Å². The van der Waals surface area contributed by atoms with Crippen molar-refractivity contribution in [2.45, 2.75) is 26.3 Å². The van der Waals surface area contributed by atoms with Crippen LogP contribution in [0.4, 0.5) is 0 Å². The Kier molecular flexibility index (Phi) is 6.19. The molecule has 0 fully saturated rings. The van der Waals surface area contributed by atoms with Crippen LogP contribution in [-0.4, -0.2) is 38.3 Å². The Hall–Kier alpha value is -1.19. The minimum absolute atomic E-state index is 0.217. The van der Waals surface area contributed by atoms with E-state index in [-0.39, 0.29) is 12.0 Å². The lowest BCUT2D eigenvalue weighted by molar-refractivity contribution is 0.413. The first-order valence-corrected chi connectivity index (χ1v) is 6.91. The SMILES string of the molecule is CNC(c1cccc(CCN(C)C)c1)C(C)C(C)=N. The predicted octanol–water partition coefficient (Wildman–Crippen LogP) is 2.73. The molecule has 0 aromatic heterocycles. The van der Waals surface area contributed by atoms with Gasteiger partial charge in [-0.05, 0) is 45.6 Å². The quantitative estimate of drug-likeness (QED) is 0.741. The van der Waals surface area contributed by atoms with Crippen LogP contribution in [0.15, 0.2) is 24.3 Å². The fourth-order valence-corrected chi connectivity index (χ4v) is 2.25. The summed E-state index contributed by atoms with van der Waals surface area (Å²) in [7, 11) is 6.16. The van der Waals surface area contributed by atoms with Crippen molar-refractivity contribution in [2.24, 2.45) is 5.92 Å². The van der Waals surface area contributed by atoms with E-state index in [1.807, 2.05) is 14.0 Å². The van der Waals surface area contributed by atoms with E-state index in [4.69, 9.17) is 5.41 Å². The van der Waals surface area contributed by atoms with Crippen molar-refractivity contribution in [1.82, 2.24) is 10.2 Å². The van der Waals surface area contributed by atoms with Crippen molar-refractivity contribution < 1.29 is 0 Å². The van der Waals surface area contributed by atoms with Crippen LogP contribution >= 0.6 is 0 Å². The lowest BCUT2D eigenvalue weighted by atomic mass is 9.90. The summed E-state index contributed by atoms with van der Waals surface area (Å²) in [6, 6.07) is 8.94. The van der Waals surface area contributed by atoms with Crippen LogP contribution in [0.2, 0.25) is 0 Å². The first kappa shape index (κ1) is 15.9. The summed E-state index contributed by atoms with van der Waals surface area (Å²) in [4.78, 5) is 2.20. The maximum atomic E-state index is 7.83. The molecule has 0 aliphatic carbocycles. The zero-order valence-electron chi connectivity index (χ0n) is 12.8. The third-order valence-corrected chi connectivity index (χ3v) is 3.65. The summed E-state index contributed by atoms with van der Waals surface area (Å²) in [6.45, 7) is 5.05. The second kappa shape index (κ2) is 7.41. The average Bonchev–Trinajstić information content (AvgIpc) is 2.37. The average molecular weight is 261 g/mol. The second-order valence-electron chi connectivity index (χ2n) is 5.54. The standard InChI is InChI=1S/C16H27N3/c1-12(13(2)17)16(18-3)15-8-6-7-14(11-15)9-10-19(4)5/h6-8,11-12,16-18H,9-10H2,1-5H3. The Balaban J connectivity index is 2.86. The fraction of sp³-hybridized carbons (Fsp3) is 0.562. The fourth-order valence-electron chi connectivity index (χ4n) is 2.25. The molecule has 106 valence electrons. The zero-order valence-corrected chi connectivity index (χ0v) is 12.8. The summed E-state index contributed by atoms with van der Waals surface area (Å²) < 4.78 is 0. The maximum Gasteiger partial charge on any atom is 0.0396 e. The lowest BCUT2D eigenvalue weighted by Gasteiger charge is -2.24. The smallest absolute Gasteiger partial charge is 0.0396 e. The van der Waals surface area contributed by atoms with E-state index in [9.17, 15) is 0 Å². The Bertz CT molecular complexity index is 412. The number of nitrogens with zero attached hydrogens (tertiary/aromatic N) is 1. The molecule has 0 aliphatic rings. The monoisotopic (exact) mass is 261 g/mol. The molecule has 19 heavy (non-hydrogen) atoms. The summed E-state index contributed by atoms with van der Waals surface area (Å²) in [5, 5.41) is 11.2. The largest absolute Gasteiger partial charge is 0.312 e. The summed E-state index contributed by atoms with van der Waals surface area (Å²) >= 11 is 0. The first-order chi connectivity index (χ1) is 8.95. The number of hydrogen-bond donors (Lipinski definition) is 2. The highest BCUT2D eigenvalue weighted by Gasteiger charge is 2.19. The number of benzene rings is 1. The molecule has 2 N–H and O–H groups in total. The molecule has 1 rings (SSSR count). The van der Waals surface area contributed by atoms with Crippen LogP contribution in [-0.2, 0) is 6.42 Å². The van der Waals surface area contributed by atoms with Gasteiger partial charge in [-0.2, -0.15) is 0 Å². The number of hydrogen-bond acceptors (Lipinski definition) is 3. The molecular weight excluding hydrogens is 234 g/mol. The Morgan fingerprint density at radius 1 is 1.37 bits per heavy atom. The molecule has 0 heterocycles. The van der Waals surface area contributed by atoms with Crippen molar-refractivity contribution >= 4 is 5.71 Å². The molecule has 0 bridgehead atoms. The normalized spacial score (nSPS) is 14.4. The van der Waals surface area contributed by atoms with Gasteiger partial charge in [-0.3, -0.25) is 0 Å². The van der Waals surface area contributed by atoms with Crippen LogP contribution in [0, 0.1) is 11.3 Å². The molecule has 0 radical (unpaired) electrons. The topological polar surface area (TPSA) is 39.1 Å². The summed E-state index contributed by atoms with van der Waals surface area (Å²) in [5.41, 5.74) is 3.36. The molecule has 1 aromatic carbocycles. The van der Waals surface area contributed by atoms with Crippen LogP contribution in [0.3, 0.4) is 0 Å². The van der Waals surface area contributed by atoms with E-state index >= 15 is 0 Å².